The summed E-state index contributed by atoms with van der Waals surface area (Å²) in [4.78, 5) is 12.8. The fraction of sp³-hybridized carbons (Fsp3) is 0.967. The lowest BCUT2D eigenvalue weighted by Crippen LogP contribution is -2.32. The normalized spacial score (nSPS) is 33.7. The monoisotopic (exact) mass is 446 g/mol. The Morgan fingerprint density at radius 3 is 1.75 bits per heavy atom. The molecule has 0 saturated heterocycles. The van der Waals surface area contributed by atoms with Gasteiger partial charge in [-0.2, -0.15) is 0 Å². The van der Waals surface area contributed by atoms with Gasteiger partial charge in [0.05, 0.1) is 5.92 Å². The van der Waals surface area contributed by atoms with E-state index in [2.05, 4.69) is 13.8 Å². The highest BCUT2D eigenvalue weighted by Gasteiger charge is 2.34. The van der Waals surface area contributed by atoms with Crippen LogP contribution < -0.4 is 0 Å². The molecule has 2 heteroatoms. The molecule has 0 unspecified atom stereocenters. The molecule has 3 aliphatic rings. The Kier molecular flexibility index (Phi) is 12.0. The highest BCUT2D eigenvalue weighted by atomic mass is 16.5. The van der Waals surface area contributed by atoms with Gasteiger partial charge in [0.2, 0.25) is 0 Å². The molecule has 186 valence electrons. The van der Waals surface area contributed by atoms with Crippen LogP contribution in [0.25, 0.3) is 0 Å². The first-order valence-electron chi connectivity index (χ1n) is 14.9. The van der Waals surface area contributed by atoms with Crippen molar-refractivity contribution in [3.05, 3.63) is 0 Å². The highest BCUT2D eigenvalue weighted by Crippen LogP contribution is 2.43. The molecule has 3 saturated carbocycles. The lowest BCUT2D eigenvalue weighted by Gasteiger charge is -2.38. The smallest absolute Gasteiger partial charge is 0.309 e. The van der Waals surface area contributed by atoms with Gasteiger partial charge >= 0.3 is 5.97 Å². The molecular formula is C30H54O2. The number of carbonyl (C=O) groups excluding carboxylic acids is 1. The molecule has 0 spiro atoms. The van der Waals surface area contributed by atoms with Crippen LogP contribution in [0.3, 0.4) is 0 Å². The Labute approximate surface area is 200 Å². The van der Waals surface area contributed by atoms with Crippen molar-refractivity contribution in [2.24, 2.45) is 29.6 Å². The van der Waals surface area contributed by atoms with Crippen LogP contribution in [-0.4, -0.2) is 12.1 Å². The van der Waals surface area contributed by atoms with E-state index >= 15 is 0 Å². The van der Waals surface area contributed by atoms with Crippen molar-refractivity contribution in [2.75, 3.05) is 0 Å². The first-order valence-corrected chi connectivity index (χ1v) is 14.9. The van der Waals surface area contributed by atoms with E-state index in [1.807, 2.05) is 0 Å². The van der Waals surface area contributed by atoms with Gasteiger partial charge in [-0.25, -0.2) is 0 Å². The summed E-state index contributed by atoms with van der Waals surface area (Å²) in [6, 6.07) is 0. The van der Waals surface area contributed by atoms with E-state index in [0.29, 0.717) is 0 Å². The summed E-state index contributed by atoms with van der Waals surface area (Å²) in [5.41, 5.74) is 0. The van der Waals surface area contributed by atoms with Crippen LogP contribution in [-0.2, 0) is 9.53 Å². The Hall–Kier alpha value is -0.530. The largest absolute Gasteiger partial charge is 0.462 e. The molecule has 3 fully saturated rings. The second-order valence-electron chi connectivity index (χ2n) is 11.8. The average molecular weight is 447 g/mol. The fourth-order valence-corrected chi connectivity index (χ4v) is 7.20. The van der Waals surface area contributed by atoms with Crippen LogP contribution in [0.5, 0.6) is 0 Å². The minimum absolute atomic E-state index is 0.144. The molecule has 0 aromatic rings. The van der Waals surface area contributed by atoms with Gasteiger partial charge in [-0.15, -0.1) is 0 Å². The molecule has 32 heavy (non-hydrogen) atoms. The van der Waals surface area contributed by atoms with Gasteiger partial charge in [0.1, 0.15) is 6.10 Å². The zero-order chi connectivity index (χ0) is 22.6. The topological polar surface area (TPSA) is 26.3 Å². The maximum Gasteiger partial charge on any atom is 0.309 e. The molecule has 0 amide bonds. The summed E-state index contributed by atoms with van der Waals surface area (Å²) in [6.07, 6.45) is 28.3. The van der Waals surface area contributed by atoms with Crippen LogP contribution in [0.4, 0.5) is 0 Å². The third-order valence-electron chi connectivity index (χ3n) is 9.40. The van der Waals surface area contributed by atoms with Gasteiger partial charge in [-0.3, -0.25) is 4.79 Å². The Morgan fingerprint density at radius 2 is 1.12 bits per heavy atom. The third kappa shape index (κ3) is 8.68. The van der Waals surface area contributed by atoms with E-state index < -0.39 is 0 Å². The second-order valence-corrected chi connectivity index (χ2v) is 11.8. The highest BCUT2D eigenvalue weighted by molar-refractivity contribution is 5.72. The summed E-state index contributed by atoms with van der Waals surface area (Å²) in [7, 11) is 0. The predicted molar refractivity (Wildman–Crippen MR) is 136 cm³/mol. The molecule has 0 heterocycles. The molecule has 3 aliphatic carbocycles. The first kappa shape index (κ1) is 26.1. The maximum atomic E-state index is 12.8. The van der Waals surface area contributed by atoms with E-state index in [-0.39, 0.29) is 18.0 Å². The zero-order valence-corrected chi connectivity index (χ0v) is 21.6. The van der Waals surface area contributed by atoms with Gasteiger partial charge in [0.15, 0.2) is 0 Å². The molecule has 3 rings (SSSR count). The predicted octanol–water partition coefficient (Wildman–Crippen LogP) is 9.25. The van der Waals surface area contributed by atoms with Gasteiger partial charge in [-0.05, 0) is 87.9 Å². The van der Waals surface area contributed by atoms with Crippen molar-refractivity contribution in [2.45, 2.75) is 155 Å². The molecule has 2 nitrogen and oxygen atoms in total. The van der Waals surface area contributed by atoms with Crippen molar-refractivity contribution >= 4 is 5.97 Å². The number of carbonyl (C=O) groups is 1. The molecule has 0 aromatic heterocycles. The summed E-state index contributed by atoms with van der Waals surface area (Å²) in [5.74, 6) is 4.07. The Bertz CT molecular complexity index is 491. The number of rotatable bonds is 12. The van der Waals surface area contributed by atoms with Gasteiger partial charge in [0.25, 0.3) is 0 Å². The average Bonchev–Trinajstić information content (AvgIpc) is 2.83. The van der Waals surface area contributed by atoms with Crippen molar-refractivity contribution in [1.29, 1.82) is 0 Å². The minimum Gasteiger partial charge on any atom is -0.462 e. The van der Waals surface area contributed by atoms with Crippen molar-refractivity contribution < 1.29 is 9.53 Å². The van der Waals surface area contributed by atoms with Gasteiger partial charge in [-0.1, -0.05) is 84.5 Å². The standard InChI is InChI=1S/C30H54O2/c1-3-5-6-7-8-9-11-25-12-16-26(17-13-25)27-18-20-28(21-19-27)30(31)32-29-22-14-24(10-4-2)15-23-29/h24-29H,3-23H2,1-2H3. The lowest BCUT2D eigenvalue weighted by atomic mass is 9.68. The lowest BCUT2D eigenvalue weighted by molar-refractivity contribution is -0.157. The van der Waals surface area contributed by atoms with E-state index in [1.165, 1.54) is 109 Å². The number of hydrogen-bond donors (Lipinski definition) is 0. The number of ether oxygens (including phenoxy) is 1. The van der Waals surface area contributed by atoms with E-state index in [9.17, 15) is 4.79 Å². The van der Waals surface area contributed by atoms with E-state index in [4.69, 9.17) is 4.74 Å². The Morgan fingerprint density at radius 1 is 0.594 bits per heavy atom. The van der Waals surface area contributed by atoms with Gasteiger partial charge in [0, 0.05) is 0 Å². The van der Waals surface area contributed by atoms with Crippen molar-refractivity contribution in [1.82, 2.24) is 0 Å². The van der Waals surface area contributed by atoms with Crippen LogP contribution in [0.1, 0.15) is 149 Å². The van der Waals surface area contributed by atoms with Crippen LogP contribution in [0.15, 0.2) is 0 Å². The van der Waals surface area contributed by atoms with Crippen LogP contribution in [0, 0.1) is 29.6 Å². The summed E-state index contributed by atoms with van der Waals surface area (Å²) < 4.78 is 5.98. The SMILES string of the molecule is CCCCCCCCC1CCC(C2CCC(C(=O)OC3CCC(CCC)CC3)CC2)CC1. The van der Waals surface area contributed by atoms with Gasteiger partial charge < -0.3 is 4.74 Å². The Balaban J connectivity index is 1.25. The number of esters is 1. The minimum atomic E-state index is 0.144. The third-order valence-corrected chi connectivity index (χ3v) is 9.40. The summed E-state index contributed by atoms with van der Waals surface area (Å²) >= 11 is 0. The van der Waals surface area contributed by atoms with Crippen LogP contribution in [0.2, 0.25) is 0 Å². The van der Waals surface area contributed by atoms with Crippen molar-refractivity contribution in [3.63, 3.8) is 0 Å². The fourth-order valence-electron chi connectivity index (χ4n) is 7.20. The molecule has 0 aromatic carbocycles. The summed E-state index contributed by atoms with van der Waals surface area (Å²) in [5, 5.41) is 0. The molecular weight excluding hydrogens is 392 g/mol. The van der Waals surface area contributed by atoms with Crippen LogP contribution >= 0.6 is 0 Å². The van der Waals surface area contributed by atoms with E-state index in [0.717, 1.165) is 49.4 Å². The molecule has 0 atom stereocenters. The maximum absolute atomic E-state index is 12.8. The number of hydrogen-bond acceptors (Lipinski definition) is 2. The molecule has 0 bridgehead atoms. The quantitative estimate of drug-likeness (QED) is 0.220. The molecule has 0 N–H and O–H groups in total. The van der Waals surface area contributed by atoms with Crippen molar-refractivity contribution in [3.8, 4) is 0 Å². The molecule has 0 aliphatic heterocycles. The molecule has 0 radical (unpaired) electrons. The zero-order valence-electron chi connectivity index (χ0n) is 21.6. The number of unbranched alkanes of at least 4 members (excludes halogenated alkanes) is 5. The second kappa shape index (κ2) is 14.7. The summed E-state index contributed by atoms with van der Waals surface area (Å²) in [6.45, 7) is 4.58. The van der Waals surface area contributed by atoms with E-state index in [1.54, 1.807) is 0 Å². The first-order chi connectivity index (χ1) is 15.7.